The summed E-state index contributed by atoms with van der Waals surface area (Å²) in [5.74, 6) is -1.03. The summed E-state index contributed by atoms with van der Waals surface area (Å²) in [6.45, 7) is 2.42. The lowest BCUT2D eigenvalue weighted by atomic mass is 10.1. The molecular formula is C22H27N3O6S. The number of aliphatic hydroxyl groups is 1. The molecule has 2 N–H and O–H groups in total. The number of esters is 1. The zero-order chi connectivity index (χ0) is 23.1. The van der Waals surface area contributed by atoms with Crippen LogP contribution in [0.15, 0.2) is 59.5 Å². The first-order valence-electron chi connectivity index (χ1n) is 10.3. The van der Waals surface area contributed by atoms with E-state index in [1.54, 1.807) is 54.6 Å². The first-order chi connectivity index (χ1) is 15.3. The lowest BCUT2D eigenvalue weighted by Crippen LogP contribution is -2.52. The molecule has 1 fully saturated rings. The molecule has 0 saturated carbocycles. The minimum atomic E-state index is -3.61. The standard InChI is InChI=1S/C22H27N3O6S/c1-17(31-22(28)19-9-5-6-10-20(19)23-11-16-26)21(27)24-12-14-25(15-13-24)32(29,30)18-7-3-2-4-8-18/h2-10,17,23,26H,11-16H2,1H3. The highest BCUT2D eigenvalue weighted by Crippen LogP contribution is 2.19. The van der Waals surface area contributed by atoms with Crippen LogP contribution in [0.2, 0.25) is 0 Å². The Morgan fingerprint density at radius 1 is 1.03 bits per heavy atom. The van der Waals surface area contributed by atoms with Crippen molar-refractivity contribution in [2.75, 3.05) is 44.6 Å². The summed E-state index contributed by atoms with van der Waals surface area (Å²) in [7, 11) is -3.61. The third-order valence-electron chi connectivity index (χ3n) is 5.14. The van der Waals surface area contributed by atoms with Crippen LogP contribution in [0, 0.1) is 0 Å². The highest BCUT2D eigenvalue weighted by molar-refractivity contribution is 7.89. The van der Waals surface area contributed by atoms with Gasteiger partial charge in [0.2, 0.25) is 10.0 Å². The van der Waals surface area contributed by atoms with Gasteiger partial charge in [-0.2, -0.15) is 4.31 Å². The maximum Gasteiger partial charge on any atom is 0.341 e. The van der Waals surface area contributed by atoms with Crippen LogP contribution in [-0.2, 0) is 19.6 Å². The first-order valence-corrected chi connectivity index (χ1v) is 11.8. The van der Waals surface area contributed by atoms with E-state index in [-0.39, 0.29) is 55.7 Å². The Morgan fingerprint density at radius 3 is 2.31 bits per heavy atom. The van der Waals surface area contributed by atoms with E-state index in [4.69, 9.17) is 9.84 Å². The Bertz CT molecular complexity index is 1040. The van der Waals surface area contributed by atoms with Crippen molar-refractivity contribution in [3.8, 4) is 0 Å². The minimum Gasteiger partial charge on any atom is -0.449 e. The summed E-state index contributed by atoms with van der Waals surface area (Å²) in [5, 5.41) is 11.9. The number of rotatable bonds is 8. The van der Waals surface area contributed by atoms with Gasteiger partial charge in [-0.25, -0.2) is 13.2 Å². The normalized spacial score (nSPS) is 15.8. The Hall–Kier alpha value is -2.95. The number of para-hydroxylation sites is 1. The molecule has 1 aliphatic heterocycles. The molecule has 0 spiro atoms. The van der Waals surface area contributed by atoms with Crippen molar-refractivity contribution in [2.24, 2.45) is 0 Å². The molecule has 10 heteroatoms. The van der Waals surface area contributed by atoms with Gasteiger partial charge in [-0.1, -0.05) is 30.3 Å². The van der Waals surface area contributed by atoms with Gasteiger partial charge in [-0.05, 0) is 31.2 Å². The van der Waals surface area contributed by atoms with Gasteiger partial charge in [0, 0.05) is 38.4 Å². The number of hydrogen-bond donors (Lipinski definition) is 2. The summed E-state index contributed by atoms with van der Waals surface area (Å²) in [6, 6.07) is 14.9. The van der Waals surface area contributed by atoms with Crippen molar-refractivity contribution in [3.05, 3.63) is 60.2 Å². The van der Waals surface area contributed by atoms with E-state index in [0.717, 1.165) is 0 Å². The number of nitrogens with zero attached hydrogens (tertiary/aromatic N) is 2. The van der Waals surface area contributed by atoms with Gasteiger partial charge >= 0.3 is 5.97 Å². The molecule has 32 heavy (non-hydrogen) atoms. The number of anilines is 1. The molecule has 0 aromatic heterocycles. The molecule has 172 valence electrons. The zero-order valence-corrected chi connectivity index (χ0v) is 18.6. The monoisotopic (exact) mass is 461 g/mol. The Balaban J connectivity index is 1.58. The topological polar surface area (TPSA) is 116 Å². The Morgan fingerprint density at radius 2 is 1.66 bits per heavy atom. The molecule has 1 unspecified atom stereocenters. The van der Waals surface area contributed by atoms with Crippen LogP contribution in [0.25, 0.3) is 0 Å². The van der Waals surface area contributed by atoms with Crippen LogP contribution < -0.4 is 5.32 Å². The second kappa shape index (κ2) is 10.6. The molecular weight excluding hydrogens is 434 g/mol. The molecule has 0 bridgehead atoms. The predicted octanol–water partition coefficient (Wildman–Crippen LogP) is 1.17. The molecule has 0 aliphatic carbocycles. The van der Waals surface area contributed by atoms with Crippen LogP contribution in [0.5, 0.6) is 0 Å². The van der Waals surface area contributed by atoms with E-state index in [1.165, 1.54) is 16.1 Å². The van der Waals surface area contributed by atoms with Crippen LogP contribution in [0.4, 0.5) is 5.69 Å². The number of sulfonamides is 1. The molecule has 2 aromatic carbocycles. The minimum absolute atomic E-state index is 0.0930. The molecule has 9 nitrogen and oxygen atoms in total. The highest BCUT2D eigenvalue weighted by atomic mass is 32.2. The van der Waals surface area contributed by atoms with Gasteiger partial charge in [0.05, 0.1) is 17.1 Å². The van der Waals surface area contributed by atoms with Crippen molar-refractivity contribution in [3.63, 3.8) is 0 Å². The fraction of sp³-hybridized carbons (Fsp3) is 0.364. The van der Waals surface area contributed by atoms with E-state index >= 15 is 0 Å². The van der Waals surface area contributed by atoms with E-state index in [9.17, 15) is 18.0 Å². The average molecular weight is 462 g/mol. The average Bonchev–Trinajstić information content (AvgIpc) is 2.83. The maximum absolute atomic E-state index is 12.8. The fourth-order valence-corrected chi connectivity index (χ4v) is 4.87. The van der Waals surface area contributed by atoms with Crippen LogP contribution >= 0.6 is 0 Å². The SMILES string of the molecule is CC(OC(=O)c1ccccc1NCCO)C(=O)N1CCN(S(=O)(=O)c2ccccc2)CC1. The van der Waals surface area contributed by atoms with Gasteiger partial charge in [-0.15, -0.1) is 0 Å². The molecule has 2 aromatic rings. The second-order valence-corrected chi connectivity index (χ2v) is 9.22. The van der Waals surface area contributed by atoms with Gasteiger partial charge in [0.25, 0.3) is 5.91 Å². The Kier molecular flexibility index (Phi) is 7.84. The lowest BCUT2D eigenvalue weighted by Gasteiger charge is -2.35. The number of benzene rings is 2. The van der Waals surface area contributed by atoms with Crippen molar-refractivity contribution in [2.45, 2.75) is 17.9 Å². The van der Waals surface area contributed by atoms with Crippen molar-refractivity contribution in [1.82, 2.24) is 9.21 Å². The number of nitrogens with one attached hydrogen (secondary N) is 1. The van der Waals surface area contributed by atoms with E-state index in [1.807, 2.05) is 0 Å². The largest absolute Gasteiger partial charge is 0.449 e. The molecule has 0 radical (unpaired) electrons. The summed E-state index contributed by atoms with van der Waals surface area (Å²) in [5.41, 5.74) is 0.769. The smallest absolute Gasteiger partial charge is 0.341 e. The number of piperazine rings is 1. The van der Waals surface area contributed by atoms with E-state index in [0.29, 0.717) is 5.69 Å². The summed E-state index contributed by atoms with van der Waals surface area (Å²) in [4.78, 5) is 27.1. The van der Waals surface area contributed by atoms with Crippen molar-refractivity contribution >= 4 is 27.6 Å². The van der Waals surface area contributed by atoms with Crippen LogP contribution in [0.3, 0.4) is 0 Å². The third kappa shape index (κ3) is 5.45. The second-order valence-electron chi connectivity index (χ2n) is 7.29. The summed E-state index contributed by atoms with van der Waals surface area (Å²) in [6.07, 6.45) is -1.02. The maximum atomic E-state index is 12.8. The van der Waals surface area contributed by atoms with Crippen LogP contribution in [-0.4, -0.2) is 80.0 Å². The number of amides is 1. The van der Waals surface area contributed by atoms with Crippen molar-refractivity contribution < 1.29 is 27.9 Å². The van der Waals surface area contributed by atoms with E-state index in [2.05, 4.69) is 5.32 Å². The molecule has 3 rings (SSSR count). The first kappa shape index (κ1) is 23.7. The van der Waals surface area contributed by atoms with Gasteiger partial charge in [-0.3, -0.25) is 4.79 Å². The van der Waals surface area contributed by atoms with Crippen LogP contribution in [0.1, 0.15) is 17.3 Å². The highest BCUT2D eigenvalue weighted by Gasteiger charge is 2.32. The van der Waals surface area contributed by atoms with Gasteiger partial charge in [0.1, 0.15) is 0 Å². The third-order valence-corrected chi connectivity index (χ3v) is 7.05. The van der Waals surface area contributed by atoms with Crippen molar-refractivity contribution in [1.29, 1.82) is 0 Å². The predicted molar refractivity (Wildman–Crippen MR) is 119 cm³/mol. The van der Waals surface area contributed by atoms with Gasteiger partial charge < -0.3 is 20.1 Å². The summed E-state index contributed by atoms with van der Waals surface area (Å²) < 4.78 is 32.2. The lowest BCUT2D eigenvalue weighted by molar-refractivity contribution is -0.141. The number of aliphatic hydroxyl groups excluding tert-OH is 1. The Labute approximate surface area is 187 Å². The molecule has 1 heterocycles. The molecule has 1 aliphatic rings. The fourth-order valence-electron chi connectivity index (χ4n) is 3.43. The van der Waals surface area contributed by atoms with E-state index < -0.39 is 22.1 Å². The quantitative estimate of drug-likeness (QED) is 0.567. The molecule has 1 amide bonds. The number of carbonyl (C=O) groups is 2. The number of carbonyl (C=O) groups excluding carboxylic acids is 2. The number of hydrogen-bond acceptors (Lipinski definition) is 7. The van der Waals surface area contributed by atoms with Gasteiger partial charge in [0.15, 0.2) is 6.10 Å². The molecule has 1 atom stereocenters. The summed E-state index contributed by atoms with van der Waals surface area (Å²) >= 11 is 0. The molecule has 1 saturated heterocycles. The number of ether oxygens (including phenoxy) is 1. The zero-order valence-electron chi connectivity index (χ0n) is 17.8.